The van der Waals surface area contributed by atoms with E-state index < -0.39 is 12.2 Å². The lowest BCUT2D eigenvalue weighted by molar-refractivity contribution is -0.119. The summed E-state index contributed by atoms with van der Waals surface area (Å²) in [5, 5.41) is 28.3. The molecule has 1 fully saturated rings. The molecule has 0 aromatic rings. The van der Waals surface area contributed by atoms with E-state index in [4.69, 9.17) is 15.6 Å². The first-order valence-electron chi connectivity index (χ1n) is 8.68. The number of ether oxygens (including phenoxy) is 1. The number of unbranched alkanes of at least 4 members (excludes halogenated alkanes) is 1. The van der Waals surface area contributed by atoms with Crippen molar-refractivity contribution in [1.29, 1.82) is 0 Å². The van der Waals surface area contributed by atoms with Crippen LogP contribution in [-0.2, 0) is 14.3 Å². The molecule has 0 heterocycles. The van der Waals surface area contributed by atoms with Gasteiger partial charge in [-0.25, -0.2) is 0 Å². The average Bonchev–Trinajstić information content (AvgIpc) is 2.50. The van der Waals surface area contributed by atoms with Gasteiger partial charge < -0.3 is 30.6 Å². The summed E-state index contributed by atoms with van der Waals surface area (Å²) in [6, 6.07) is 0. The molecule has 5 N–H and O–H groups in total. The number of hydrogen-bond acceptors (Lipinski definition) is 6. The van der Waals surface area contributed by atoms with E-state index in [1.54, 1.807) is 6.92 Å². The molecule has 1 rings (SSSR count). The zero-order valence-electron chi connectivity index (χ0n) is 14.8. The molecule has 7 nitrogen and oxygen atoms in total. The molecule has 1 aliphatic rings. The van der Waals surface area contributed by atoms with Crippen molar-refractivity contribution in [2.75, 3.05) is 13.2 Å². The number of carbonyl (C=O) groups excluding carboxylic acids is 2. The molecule has 0 aromatic heterocycles. The molecule has 1 aliphatic carbocycles. The predicted molar refractivity (Wildman–Crippen MR) is 90.2 cm³/mol. The molecule has 1 saturated carbocycles. The maximum atomic E-state index is 10.5. The van der Waals surface area contributed by atoms with Gasteiger partial charge in [-0.05, 0) is 32.6 Å². The number of carbonyl (C=O) groups is 2. The minimum absolute atomic E-state index is 0.144. The van der Waals surface area contributed by atoms with Crippen LogP contribution in [0.3, 0.4) is 0 Å². The van der Waals surface area contributed by atoms with Crippen LogP contribution in [0.2, 0.25) is 0 Å². The van der Waals surface area contributed by atoms with Crippen molar-refractivity contribution in [3.63, 3.8) is 0 Å². The van der Waals surface area contributed by atoms with Gasteiger partial charge in [-0.3, -0.25) is 4.79 Å². The minimum atomic E-state index is -0.871. The lowest BCUT2D eigenvalue weighted by Crippen LogP contribution is -2.45. The van der Waals surface area contributed by atoms with Crippen LogP contribution in [0.25, 0.3) is 0 Å². The highest BCUT2D eigenvalue weighted by atomic mass is 16.5. The number of ketones is 1. The van der Waals surface area contributed by atoms with Crippen molar-refractivity contribution < 1.29 is 29.6 Å². The number of hydrogen-bond donors (Lipinski definition) is 4. The molecule has 4 unspecified atom stereocenters. The zero-order chi connectivity index (χ0) is 18.5. The van der Waals surface area contributed by atoms with Crippen LogP contribution in [-0.4, -0.2) is 58.5 Å². The van der Waals surface area contributed by atoms with E-state index in [1.165, 1.54) is 0 Å². The van der Waals surface area contributed by atoms with E-state index in [0.29, 0.717) is 32.3 Å². The Morgan fingerprint density at radius 1 is 1.17 bits per heavy atom. The highest BCUT2D eigenvalue weighted by Crippen LogP contribution is 2.27. The van der Waals surface area contributed by atoms with Gasteiger partial charge in [0.1, 0.15) is 5.78 Å². The number of nitrogens with two attached hydrogens (primary N) is 1. The first-order valence-corrected chi connectivity index (χ1v) is 8.68. The Morgan fingerprint density at radius 2 is 1.83 bits per heavy atom. The quantitative estimate of drug-likeness (QED) is 0.450. The van der Waals surface area contributed by atoms with Gasteiger partial charge in [0.2, 0.25) is 5.91 Å². The molecule has 0 aliphatic heterocycles. The predicted octanol–water partition coefficient (Wildman–Crippen LogP) is 0.527. The van der Waals surface area contributed by atoms with Gasteiger partial charge in [-0.15, -0.1) is 0 Å². The SMILES string of the molecule is CCCC(C)=O.NC(=O)CCCCOC1CC(O)C(O)C(CO)C1. The van der Waals surface area contributed by atoms with E-state index >= 15 is 0 Å². The summed E-state index contributed by atoms with van der Waals surface area (Å²) >= 11 is 0. The van der Waals surface area contributed by atoms with Crippen LogP contribution in [0, 0.1) is 5.92 Å². The van der Waals surface area contributed by atoms with Gasteiger partial charge in [-0.1, -0.05) is 6.92 Å². The number of aliphatic hydroxyl groups is 3. The Hall–Kier alpha value is -1.02. The minimum Gasteiger partial charge on any atom is -0.396 e. The van der Waals surface area contributed by atoms with Crippen molar-refractivity contribution in [2.45, 2.75) is 77.1 Å². The summed E-state index contributed by atoms with van der Waals surface area (Å²) in [4.78, 5) is 20.6. The average molecular weight is 347 g/mol. The second-order valence-corrected chi connectivity index (χ2v) is 6.34. The standard InChI is InChI=1S/C12H23NO5.C5H10O/c13-11(16)3-1-2-4-18-9-5-8(7-14)12(17)10(15)6-9;1-3-4-5(2)6/h8-10,12,14-15,17H,1-7H2,(H2,13,16);3-4H2,1-2H3. The summed E-state index contributed by atoms with van der Waals surface area (Å²) in [7, 11) is 0. The number of amides is 1. The molecular formula is C17H33NO6. The maximum absolute atomic E-state index is 10.5. The Kier molecular flexibility index (Phi) is 12.7. The highest BCUT2D eigenvalue weighted by molar-refractivity contribution is 5.75. The molecule has 0 saturated heterocycles. The number of primary amides is 1. The Bertz CT molecular complexity index is 363. The van der Waals surface area contributed by atoms with Crippen LogP contribution in [0.15, 0.2) is 0 Å². The molecule has 0 radical (unpaired) electrons. The fraction of sp³-hybridized carbons (Fsp3) is 0.882. The van der Waals surface area contributed by atoms with Crippen molar-refractivity contribution in [3.05, 3.63) is 0 Å². The summed E-state index contributed by atoms with van der Waals surface area (Å²) in [5.74, 6) is -0.353. The smallest absolute Gasteiger partial charge is 0.217 e. The second kappa shape index (κ2) is 13.3. The largest absolute Gasteiger partial charge is 0.396 e. The number of Topliss-reactive ketones (excluding diaryl/α,β-unsaturated/α-hetero) is 1. The number of aliphatic hydroxyl groups excluding tert-OH is 3. The molecule has 0 spiro atoms. The molecule has 24 heavy (non-hydrogen) atoms. The third kappa shape index (κ3) is 10.7. The fourth-order valence-corrected chi connectivity index (χ4v) is 2.62. The van der Waals surface area contributed by atoms with Crippen molar-refractivity contribution in [3.8, 4) is 0 Å². The van der Waals surface area contributed by atoms with Gasteiger partial charge in [0.05, 0.1) is 18.3 Å². The van der Waals surface area contributed by atoms with Gasteiger partial charge in [0.15, 0.2) is 0 Å². The van der Waals surface area contributed by atoms with Crippen LogP contribution in [0.4, 0.5) is 0 Å². The van der Waals surface area contributed by atoms with Crippen LogP contribution >= 0.6 is 0 Å². The van der Waals surface area contributed by atoms with Crippen LogP contribution < -0.4 is 5.73 Å². The van der Waals surface area contributed by atoms with Crippen LogP contribution in [0.1, 0.15) is 58.8 Å². The molecule has 0 aromatic carbocycles. The van der Waals surface area contributed by atoms with Crippen molar-refractivity contribution in [1.82, 2.24) is 0 Å². The van der Waals surface area contributed by atoms with E-state index in [0.717, 1.165) is 19.3 Å². The lowest BCUT2D eigenvalue weighted by atomic mass is 9.83. The molecule has 7 heteroatoms. The normalized spacial score (nSPS) is 26.4. The highest BCUT2D eigenvalue weighted by Gasteiger charge is 2.35. The fourth-order valence-electron chi connectivity index (χ4n) is 2.62. The Balaban J connectivity index is 0.000000754. The molecule has 4 atom stereocenters. The van der Waals surface area contributed by atoms with E-state index in [-0.39, 0.29) is 30.3 Å². The van der Waals surface area contributed by atoms with Gasteiger partial charge in [0.25, 0.3) is 0 Å². The summed E-state index contributed by atoms with van der Waals surface area (Å²) in [5.41, 5.74) is 5.02. The second-order valence-electron chi connectivity index (χ2n) is 6.34. The van der Waals surface area contributed by atoms with Gasteiger partial charge in [0, 0.05) is 38.4 Å². The molecule has 0 bridgehead atoms. The lowest BCUT2D eigenvalue weighted by Gasteiger charge is -2.35. The third-order valence-corrected chi connectivity index (χ3v) is 3.95. The first-order chi connectivity index (χ1) is 11.3. The summed E-state index contributed by atoms with van der Waals surface area (Å²) < 4.78 is 5.58. The maximum Gasteiger partial charge on any atom is 0.217 e. The zero-order valence-corrected chi connectivity index (χ0v) is 14.8. The summed E-state index contributed by atoms with van der Waals surface area (Å²) in [6.45, 7) is 3.96. The Morgan fingerprint density at radius 3 is 2.29 bits per heavy atom. The number of rotatable bonds is 9. The van der Waals surface area contributed by atoms with Crippen molar-refractivity contribution in [2.24, 2.45) is 11.7 Å². The topological polar surface area (TPSA) is 130 Å². The summed E-state index contributed by atoms with van der Waals surface area (Å²) in [6.07, 6.45) is 2.57. The van der Waals surface area contributed by atoms with E-state index in [9.17, 15) is 19.8 Å². The van der Waals surface area contributed by atoms with Gasteiger partial charge in [-0.2, -0.15) is 0 Å². The van der Waals surface area contributed by atoms with Gasteiger partial charge >= 0.3 is 0 Å². The van der Waals surface area contributed by atoms with E-state index in [1.807, 2.05) is 6.92 Å². The van der Waals surface area contributed by atoms with Crippen LogP contribution in [0.5, 0.6) is 0 Å². The van der Waals surface area contributed by atoms with E-state index in [2.05, 4.69) is 0 Å². The molecule has 142 valence electrons. The molecule has 1 amide bonds. The van der Waals surface area contributed by atoms with Crippen molar-refractivity contribution >= 4 is 11.7 Å². The molecular weight excluding hydrogens is 314 g/mol. The first kappa shape index (κ1) is 23.0. The monoisotopic (exact) mass is 347 g/mol. The third-order valence-electron chi connectivity index (χ3n) is 3.95. The Labute approximate surface area is 144 Å².